The fourth-order valence-electron chi connectivity index (χ4n) is 4.00. The van der Waals surface area contributed by atoms with Crippen molar-refractivity contribution in [2.75, 3.05) is 10.6 Å². The van der Waals surface area contributed by atoms with Crippen molar-refractivity contribution in [2.45, 2.75) is 26.6 Å². The molecule has 0 radical (unpaired) electrons. The van der Waals surface area contributed by atoms with E-state index in [4.69, 9.17) is 0 Å². The maximum absolute atomic E-state index is 13.9. The van der Waals surface area contributed by atoms with E-state index in [0.29, 0.717) is 22.4 Å². The van der Waals surface area contributed by atoms with Gasteiger partial charge in [0.1, 0.15) is 11.5 Å². The number of nitrogens with zero attached hydrogens (tertiary/aromatic N) is 7. The number of hydrogen-bond donors (Lipinski definition) is 2. The quantitative estimate of drug-likeness (QED) is 0.301. The predicted molar refractivity (Wildman–Crippen MR) is 135 cm³/mol. The van der Waals surface area contributed by atoms with E-state index in [9.17, 15) is 27.2 Å². The minimum atomic E-state index is -4.84. The fraction of sp³-hybridized carbons (Fsp3) is 0.200. The maximum atomic E-state index is 13.9. The van der Waals surface area contributed by atoms with Crippen LogP contribution in [-0.2, 0) is 19.8 Å². The Morgan fingerprint density at radius 2 is 1.65 bits per heavy atom. The van der Waals surface area contributed by atoms with Crippen molar-refractivity contribution < 1.29 is 27.2 Å². The lowest BCUT2D eigenvalue weighted by molar-refractivity contribution is -0.142. The van der Waals surface area contributed by atoms with Crippen molar-refractivity contribution in [3.63, 3.8) is 0 Å². The van der Waals surface area contributed by atoms with Gasteiger partial charge in [-0.3, -0.25) is 19.0 Å². The fourth-order valence-corrected chi connectivity index (χ4v) is 4.00. The number of aryl methyl sites for hydroxylation is 2. The third-order valence-corrected chi connectivity index (χ3v) is 6.18. The summed E-state index contributed by atoms with van der Waals surface area (Å²) in [4.78, 5) is 30.4. The lowest BCUT2D eigenvalue weighted by atomic mass is 10.1. The van der Waals surface area contributed by atoms with Crippen LogP contribution in [0, 0.1) is 12.7 Å². The molecule has 0 saturated heterocycles. The van der Waals surface area contributed by atoms with Crippen LogP contribution >= 0.6 is 0 Å². The van der Waals surface area contributed by atoms with E-state index < -0.39 is 29.5 Å². The number of carbonyl (C=O) groups is 2. The molecule has 0 aliphatic heterocycles. The number of alkyl halides is 3. The molecule has 2 N–H and O–H groups in total. The minimum Gasteiger partial charge on any atom is -0.318 e. The lowest BCUT2D eigenvalue weighted by Gasteiger charge is -2.11. The molecule has 0 unspecified atom stereocenters. The molecule has 0 spiro atoms. The molecule has 2 amide bonds. The summed E-state index contributed by atoms with van der Waals surface area (Å²) in [7, 11) is 1.71. The minimum absolute atomic E-state index is 0.0237. The first-order valence-corrected chi connectivity index (χ1v) is 11.9. The highest BCUT2D eigenvalue weighted by molar-refractivity contribution is 6.11. The summed E-state index contributed by atoms with van der Waals surface area (Å²) in [6.45, 7) is 3.80. The van der Waals surface area contributed by atoms with Gasteiger partial charge >= 0.3 is 6.18 Å². The number of halogens is 4. The molecule has 0 saturated carbocycles. The van der Waals surface area contributed by atoms with Crippen molar-refractivity contribution in [3.8, 4) is 11.3 Å². The van der Waals surface area contributed by atoms with Crippen LogP contribution in [0.5, 0.6) is 0 Å². The third kappa shape index (κ3) is 4.88. The summed E-state index contributed by atoms with van der Waals surface area (Å²) < 4.78 is 58.5. The average Bonchev–Trinajstić information content (AvgIpc) is 3.61. The molecule has 1 aromatic carbocycles. The zero-order valence-electron chi connectivity index (χ0n) is 21.3. The lowest BCUT2D eigenvalue weighted by Crippen LogP contribution is -2.21. The van der Waals surface area contributed by atoms with Crippen LogP contribution in [0.4, 0.5) is 28.9 Å². The molecule has 0 atom stereocenters. The number of benzene rings is 1. The van der Waals surface area contributed by atoms with Gasteiger partial charge in [0.2, 0.25) is 0 Å². The molecule has 11 nitrogen and oxygen atoms in total. The van der Waals surface area contributed by atoms with E-state index in [-0.39, 0.29) is 34.0 Å². The van der Waals surface area contributed by atoms with Gasteiger partial charge in [-0.2, -0.15) is 28.5 Å². The molecular weight excluding hydrogens is 534 g/mol. The van der Waals surface area contributed by atoms with Gasteiger partial charge in [0.25, 0.3) is 11.8 Å². The number of aromatic nitrogens is 7. The van der Waals surface area contributed by atoms with E-state index in [1.807, 2.05) is 0 Å². The first kappa shape index (κ1) is 26.5. The van der Waals surface area contributed by atoms with Gasteiger partial charge in [-0.15, -0.1) is 0 Å². The van der Waals surface area contributed by atoms with Gasteiger partial charge in [-0.25, -0.2) is 13.9 Å². The highest BCUT2D eigenvalue weighted by Gasteiger charge is 2.36. The molecule has 0 fully saturated rings. The number of hydrogen-bond acceptors (Lipinski definition) is 6. The van der Waals surface area contributed by atoms with Crippen molar-refractivity contribution in [1.82, 2.24) is 34.2 Å². The van der Waals surface area contributed by atoms with Crippen molar-refractivity contribution in [3.05, 3.63) is 77.4 Å². The second kappa shape index (κ2) is 9.91. The number of amides is 2. The van der Waals surface area contributed by atoms with E-state index in [0.717, 1.165) is 24.3 Å². The number of nitrogens with one attached hydrogen (secondary N) is 2. The van der Waals surface area contributed by atoms with Crippen LogP contribution in [0.25, 0.3) is 16.9 Å². The molecule has 206 valence electrons. The molecule has 40 heavy (non-hydrogen) atoms. The third-order valence-electron chi connectivity index (χ3n) is 6.18. The summed E-state index contributed by atoms with van der Waals surface area (Å²) in [5.74, 6) is -2.02. The SMILES string of the molecule is CCn1ncc(NC(=O)c2cc3nc(-c4ccc(F)cc4)cc(C(F)(F)F)n3n2)c1C(=O)Nc1cnn(C)c1C. The Morgan fingerprint density at radius 3 is 2.27 bits per heavy atom. The Hall–Kier alpha value is -5.08. The second-order valence-electron chi connectivity index (χ2n) is 8.73. The topological polar surface area (TPSA) is 124 Å². The molecule has 0 aliphatic carbocycles. The molecule has 5 rings (SSSR count). The van der Waals surface area contributed by atoms with E-state index in [1.54, 1.807) is 25.6 Å². The normalized spacial score (nSPS) is 11.7. The Morgan fingerprint density at radius 1 is 0.975 bits per heavy atom. The zero-order valence-corrected chi connectivity index (χ0v) is 21.3. The predicted octanol–water partition coefficient (Wildman–Crippen LogP) is 4.32. The van der Waals surface area contributed by atoms with Crippen LogP contribution in [0.1, 0.15) is 39.3 Å². The first-order valence-electron chi connectivity index (χ1n) is 11.9. The number of fused-ring (bicyclic) bond motifs is 1. The summed E-state index contributed by atoms with van der Waals surface area (Å²) in [5.41, 5.74) is -0.456. The highest BCUT2D eigenvalue weighted by atomic mass is 19.4. The monoisotopic (exact) mass is 555 g/mol. The van der Waals surface area contributed by atoms with Crippen LogP contribution in [0.2, 0.25) is 0 Å². The summed E-state index contributed by atoms with van der Waals surface area (Å²) in [6.07, 6.45) is -2.11. The van der Waals surface area contributed by atoms with Crippen LogP contribution in [0.3, 0.4) is 0 Å². The molecule has 0 bridgehead atoms. The average molecular weight is 555 g/mol. The van der Waals surface area contributed by atoms with Gasteiger partial charge in [0, 0.05) is 25.2 Å². The van der Waals surface area contributed by atoms with Crippen LogP contribution in [-0.4, -0.2) is 46.0 Å². The Labute approximate surface area is 223 Å². The van der Waals surface area contributed by atoms with Gasteiger partial charge in [-0.1, -0.05) is 0 Å². The van der Waals surface area contributed by atoms with Crippen molar-refractivity contribution in [2.24, 2.45) is 7.05 Å². The van der Waals surface area contributed by atoms with Gasteiger partial charge < -0.3 is 10.6 Å². The Balaban J connectivity index is 1.49. The molecule has 4 heterocycles. The molecule has 15 heteroatoms. The van der Waals surface area contributed by atoms with Crippen LogP contribution in [0.15, 0.2) is 48.8 Å². The molecule has 4 aromatic heterocycles. The van der Waals surface area contributed by atoms with E-state index >= 15 is 0 Å². The largest absolute Gasteiger partial charge is 0.433 e. The Kier molecular flexibility index (Phi) is 6.57. The number of carbonyl (C=O) groups excluding carboxylic acids is 2. The molecular formula is C25H21F4N9O2. The van der Waals surface area contributed by atoms with Gasteiger partial charge in [-0.05, 0) is 44.2 Å². The summed E-state index contributed by atoms with van der Waals surface area (Å²) >= 11 is 0. The molecule has 0 aliphatic rings. The summed E-state index contributed by atoms with van der Waals surface area (Å²) in [6, 6.07) is 6.64. The standard InChI is InChI=1S/C25H21F4N9O2/c1-4-37-22(24(40)33-18-11-30-36(3)13(18)2)19(12-31-37)34-23(39)17-10-21-32-16(14-5-7-15(26)8-6-14)9-20(25(27,28)29)38(21)35-17/h5-12H,4H2,1-3H3,(H,33,40)(H,34,39). The smallest absolute Gasteiger partial charge is 0.318 e. The zero-order chi connectivity index (χ0) is 28.8. The van der Waals surface area contributed by atoms with Crippen molar-refractivity contribution >= 4 is 28.8 Å². The second-order valence-corrected chi connectivity index (χ2v) is 8.73. The Bertz CT molecular complexity index is 1750. The van der Waals surface area contributed by atoms with Gasteiger partial charge in [0.05, 0.1) is 35.2 Å². The summed E-state index contributed by atoms with van der Waals surface area (Å²) in [5, 5.41) is 17.3. The van der Waals surface area contributed by atoms with Crippen molar-refractivity contribution in [1.29, 1.82) is 0 Å². The number of anilines is 2. The maximum Gasteiger partial charge on any atom is 0.433 e. The van der Waals surface area contributed by atoms with E-state index in [1.165, 1.54) is 29.2 Å². The number of rotatable bonds is 6. The first-order chi connectivity index (χ1) is 19.0. The highest BCUT2D eigenvalue weighted by Crippen LogP contribution is 2.32. The molecule has 5 aromatic rings. The van der Waals surface area contributed by atoms with Crippen LogP contribution < -0.4 is 10.6 Å². The van der Waals surface area contributed by atoms with Gasteiger partial charge in [0.15, 0.2) is 17.0 Å². The van der Waals surface area contributed by atoms with E-state index in [2.05, 4.69) is 30.9 Å².